The summed E-state index contributed by atoms with van der Waals surface area (Å²) in [7, 11) is 0. The van der Waals surface area contributed by atoms with Gasteiger partial charge in [-0.25, -0.2) is 0 Å². The van der Waals surface area contributed by atoms with Gasteiger partial charge in [0.1, 0.15) is 6.04 Å². The Balaban J connectivity index is 2.48. The number of nitrogens with one attached hydrogen (secondary N) is 1. The molecule has 2 unspecified atom stereocenters. The second-order valence-electron chi connectivity index (χ2n) is 5.59. The summed E-state index contributed by atoms with van der Waals surface area (Å²) in [5.74, 6) is -0.334. The minimum Gasteiger partial charge on any atom is -0.369 e. The van der Waals surface area contributed by atoms with Gasteiger partial charge in [-0.3, -0.25) is 9.59 Å². The molecule has 6 heteroatoms. The predicted octanol–water partition coefficient (Wildman–Crippen LogP) is 1.72. The van der Waals surface area contributed by atoms with E-state index in [0.29, 0.717) is 6.54 Å². The molecule has 1 aliphatic rings. The average Bonchev–Trinajstić information content (AvgIpc) is 2.61. The summed E-state index contributed by atoms with van der Waals surface area (Å²) in [4.78, 5) is 29.4. The van der Waals surface area contributed by atoms with E-state index in [0.717, 1.165) is 17.7 Å². The Labute approximate surface area is 130 Å². The van der Waals surface area contributed by atoms with Gasteiger partial charge >= 0.3 is 0 Å². The number of nitrogens with two attached hydrogens (primary N) is 1. The molecule has 0 radical (unpaired) electrons. The molecular formula is C16H22N4O2. The number of fused-ring (bicyclic) bond motifs is 1. The lowest BCUT2D eigenvalue weighted by Gasteiger charge is -2.32. The number of rotatable bonds is 2. The quantitative estimate of drug-likeness (QED) is 0.643. The maximum Gasteiger partial charge on any atom is 0.247 e. The van der Waals surface area contributed by atoms with Crippen molar-refractivity contribution in [2.45, 2.75) is 39.8 Å². The van der Waals surface area contributed by atoms with Gasteiger partial charge in [-0.1, -0.05) is 38.5 Å². The average molecular weight is 302 g/mol. The molecule has 2 amide bonds. The number of guanidine groups is 1. The lowest BCUT2D eigenvalue weighted by molar-refractivity contribution is -0.121. The van der Waals surface area contributed by atoms with Gasteiger partial charge in [0.25, 0.3) is 0 Å². The van der Waals surface area contributed by atoms with E-state index in [4.69, 9.17) is 5.73 Å². The number of nitrogens with zero attached hydrogens (tertiary/aromatic N) is 2. The summed E-state index contributed by atoms with van der Waals surface area (Å²) < 4.78 is 0. The molecule has 0 saturated heterocycles. The van der Waals surface area contributed by atoms with Crippen molar-refractivity contribution < 1.29 is 9.59 Å². The first-order valence-electron chi connectivity index (χ1n) is 7.44. The Kier molecular flexibility index (Phi) is 4.80. The number of para-hydroxylation sites is 1. The Morgan fingerprint density at radius 3 is 2.82 bits per heavy atom. The lowest BCUT2D eigenvalue weighted by atomic mass is 9.97. The fourth-order valence-electron chi connectivity index (χ4n) is 2.65. The monoisotopic (exact) mass is 302 g/mol. The highest BCUT2D eigenvalue weighted by molar-refractivity contribution is 6.00. The second kappa shape index (κ2) is 6.60. The molecule has 118 valence electrons. The molecule has 1 aliphatic heterocycles. The largest absolute Gasteiger partial charge is 0.369 e. The van der Waals surface area contributed by atoms with Crippen molar-refractivity contribution in [1.82, 2.24) is 4.90 Å². The van der Waals surface area contributed by atoms with Crippen LogP contribution in [0.3, 0.4) is 0 Å². The fraction of sp³-hybridized carbons (Fsp3) is 0.438. The zero-order chi connectivity index (χ0) is 16.3. The molecule has 0 spiro atoms. The van der Waals surface area contributed by atoms with E-state index in [1.54, 1.807) is 4.90 Å². The zero-order valence-corrected chi connectivity index (χ0v) is 13.2. The molecule has 0 aliphatic carbocycles. The van der Waals surface area contributed by atoms with E-state index in [1.165, 1.54) is 6.92 Å². The summed E-state index contributed by atoms with van der Waals surface area (Å²) in [6.07, 6.45) is 0.818. The van der Waals surface area contributed by atoms with Crippen LogP contribution in [-0.4, -0.2) is 28.7 Å². The Bertz CT molecular complexity index is 612. The van der Waals surface area contributed by atoms with Crippen LogP contribution >= 0.6 is 0 Å². The first-order valence-corrected chi connectivity index (χ1v) is 7.44. The zero-order valence-electron chi connectivity index (χ0n) is 13.2. The van der Waals surface area contributed by atoms with Crippen molar-refractivity contribution in [2.24, 2.45) is 16.6 Å². The SMILES string of the molecule is CCC(C)C1C(=O)Nc2ccccc2CN1C(N)=NC(C)=O. The van der Waals surface area contributed by atoms with Crippen LogP contribution in [0.1, 0.15) is 32.8 Å². The van der Waals surface area contributed by atoms with Crippen molar-refractivity contribution >= 4 is 23.5 Å². The van der Waals surface area contributed by atoms with Crippen LogP contribution in [0.5, 0.6) is 0 Å². The predicted molar refractivity (Wildman–Crippen MR) is 86.2 cm³/mol. The molecule has 3 N–H and O–H groups in total. The minimum absolute atomic E-state index is 0.0787. The number of aliphatic imine (C=N–C) groups is 1. The van der Waals surface area contributed by atoms with Gasteiger partial charge in [-0.05, 0) is 17.5 Å². The van der Waals surface area contributed by atoms with E-state index >= 15 is 0 Å². The normalized spacial score (nSPS) is 20.0. The first kappa shape index (κ1) is 16.0. The van der Waals surface area contributed by atoms with Gasteiger partial charge in [0.2, 0.25) is 11.8 Å². The summed E-state index contributed by atoms with van der Waals surface area (Å²) >= 11 is 0. The van der Waals surface area contributed by atoms with Crippen LogP contribution < -0.4 is 11.1 Å². The third-order valence-electron chi connectivity index (χ3n) is 3.97. The Hall–Kier alpha value is -2.37. The number of hydrogen-bond acceptors (Lipinski definition) is 2. The summed E-state index contributed by atoms with van der Waals surface area (Å²) in [6, 6.07) is 7.12. The highest BCUT2D eigenvalue weighted by Gasteiger charge is 2.35. The Morgan fingerprint density at radius 2 is 2.18 bits per heavy atom. The summed E-state index contributed by atoms with van der Waals surface area (Å²) in [5.41, 5.74) is 7.72. The minimum atomic E-state index is -0.458. The molecule has 2 atom stereocenters. The first-order chi connectivity index (χ1) is 10.4. The van der Waals surface area contributed by atoms with Gasteiger partial charge in [0.05, 0.1) is 0 Å². The van der Waals surface area contributed by atoms with Crippen LogP contribution in [0.2, 0.25) is 0 Å². The molecule has 0 fully saturated rings. The highest BCUT2D eigenvalue weighted by atomic mass is 16.2. The molecule has 1 heterocycles. The standard InChI is InChI=1S/C16H22N4O2/c1-4-10(2)14-15(22)19-13-8-6-5-7-12(13)9-20(14)16(17)18-11(3)21/h5-8,10,14H,4,9H2,1-3H3,(H,19,22)(H2,17,18,21). The van der Waals surface area contributed by atoms with Gasteiger partial charge in [-0.15, -0.1) is 0 Å². The summed E-state index contributed by atoms with van der Waals surface area (Å²) in [5, 5.41) is 2.95. The van der Waals surface area contributed by atoms with Crippen LogP contribution in [0, 0.1) is 5.92 Å². The molecule has 0 saturated carbocycles. The van der Waals surface area contributed by atoms with Crippen molar-refractivity contribution in [3.8, 4) is 0 Å². The second-order valence-corrected chi connectivity index (χ2v) is 5.59. The van der Waals surface area contributed by atoms with E-state index in [2.05, 4.69) is 10.3 Å². The maximum absolute atomic E-state index is 12.6. The number of benzene rings is 1. The van der Waals surface area contributed by atoms with E-state index < -0.39 is 6.04 Å². The van der Waals surface area contributed by atoms with Gasteiger partial charge < -0.3 is 16.0 Å². The van der Waals surface area contributed by atoms with Crippen molar-refractivity contribution in [2.75, 3.05) is 5.32 Å². The number of amides is 2. The van der Waals surface area contributed by atoms with Crippen molar-refractivity contribution in [3.63, 3.8) is 0 Å². The number of anilines is 1. The number of carbonyl (C=O) groups is 2. The van der Waals surface area contributed by atoms with Gasteiger partial charge in [0, 0.05) is 19.2 Å². The van der Waals surface area contributed by atoms with Crippen molar-refractivity contribution in [3.05, 3.63) is 29.8 Å². The molecule has 6 nitrogen and oxygen atoms in total. The lowest BCUT2D eigenvalue weighted by Crippen LogP contribution is -2.51. The van der Waals surface area contributed by atoms with E-state index in [-0.39, 0.29) is 23.7 Å². The van der Waals surface area contributed by atoms with E-state index in [9.17, 15) is 9.59 Å². The third-order valence-corrected chi connectivity index (χ3v) is 3.97. The smallest absolute Gasteiger partial charge is 0.247 e. The van der Waals surface area contributed by atoms with Crippen LogP contribution in [0.4, 0.5) is 5.69 Å². The van der Waals surface area contributed by atoms with E-state index in [1.807, 2.05) is 38.1 Å². The molecule has 0 aromatic heterocycles. The van der Waals surface area contributed by atoms with Gasteiger partial charge in [-0.2, -0.15) is 4.99 Å². The molecule has 22 heavy (non-hydrogen) atoms. The van der Waals surface area contributed by atoms with Crippen LogP contribution in [0.25, 0.3) is 0 Å². The molecule has 0 bridgehead atoms. The highest BCUT2D eigenvalue weighted by Crippen LogP contribution is 2.26. The van der Waals surface area contributed by atoms with Crippen LogP contribution in [-0.2, 0) is 16.1 Å². The number of hydrogen-bond donors (Lipinski definition) is 2. The molecular weight excluding hydrogens is 280 g/mol. The Morgan fingerprint density at radius 1 is 1.50 bits per heavy atom. The molecule has 2 rings (SSSR count). The fourth-order valence-corrected chi connectivity index (χ4v) is 2.65. The van der Waals surface area contributed by atoms with Crippen LogP contribution in [0.15, 0.2) is 29.3 Å². The maximum atomic E-state index is 12.6. The number of carbonyl (C=O) groups excluding carboxylic acids is 2. The van der Waals surface area contributed by atoms with Gasteiger partial charge in [0.15, 0.2) is 5.96 Å². The third kappa shape index (κ3) is 3.27. The summed E-state index contributed by atoms with van der Waals surface area (Å²) in [6.45, 7) is 5.80. The molecule has 1 aromatic rings. The topological polar surface area (TPSA) is 87.8 Å². The molecule has 1 aromatic carbocycles. The van der Waals surface area contributed by atoms with Crippen molar-refractivity contribution in [1.29, 1.82) is 0 Å².